The van der Waals surface area contributed by atoms with Gasteiger partial charge in [0.15, 0.2) is 0 Å². The summed E-state index contributed by atoms with van der Waals surface area (Å²) in [7, 11) is 1.24. The minimum Gasteiger partial charge on any atom is -0.459 e. The van der Waals surface area contributed by atoms with E-state index in [4.69, 9.17) is 9.47 Å². The first-order chi connectivity index (χ1) is 10.3. The molecule has 1 aliphatic rings. The number of hydrogen-bond acceptors (Lipinski definition) is 5. The van der Waals surface area contributed by atoms with E-state index in [2.05, 4.69) is 16.6 Å². The fourth-order valence-electron chi connectivity index (χ4n) is 2.35. The molecule has 5 nitrogen and oxygen atoms in total. The van der Waals surface area contributed by atoms with Crippen molar-refractivity contribution in [2.75, 3.05) is 7.11 Å². The van der Waals surface area contributed by atoms with Crippen LogP contribution < -0.4 is 0 Å². The van der Waals surface area contributed by atoms with E-state index in [1.807, 2.05) is 30.3 Å². The zero-order chi connectivity index (χ0) is 16.4. The molecule has 1 aliphatic heterocycles. The second kappa shape index (κ2) is 5.82. The molecule has 0 radical (unpaired) electrons. The highest BCUT2D eigenvalue weighted by Crippen LogP contribution is 2.56. The van der Waals surface area contributed by atoms with Gasteiger partial charge in [-0.3, -0.25) is 4.79 Å². The van der Waals surface area contributed by atoms with Crippen molar-refractivity contribution in [2.45, 2.75) is 38.1 Å². The first-order valence-electron chi connectivity index (χ1n) is 6.86. The average molecular weight is 302 g/mol. The molecular formula is C17H18O5. The van der Waals surface area contributed by atoms with Crippen LogP contribution in [0.25, 0.3) is 0 Å². The van der Waals surface area contributed by atoms with Crippen LogP contribution in [0.15, 0.2) is 30.3 Å². The molecule has 1 fully saturated rings. The smallest absolute Gasteiger partial charge is 0.384 e. The molecule has 0 amide bonds. The van der Waals surface area contributed by atoms with E-state index in [1.165, 1.54) is 14.0 Å². The normalized spacial score (nSPS) is 25.2. The Balaban J connectivity index is 2.32. The van der Waals surface area contributed by atoms with E-state index in [9.17, 15) is 9.59 Å². The van der Waals surface area contributed by atoms with Gasteiger partial charge in [-0.2, -0.15) is 0 Å². The van der Waals surface area contributed by atoms with E-state index < -0.39 is 23.1 Å². The molecule has 116 valence electrons. The van der Waals surface area contributed by atoms with Crippen molar-refractivity contribution in [2.24, 2.45) is 0 Å². The van der Waals surface area contributed by atoms with Crippen molar-refractivity contribution < 1.29 is 23.8 Å². The number of methoxy groups -OCH3 is 1. The Labute approximate surface area is 129 Å². The molecule has 1 aromatic carbocycles. The largest absolute Gasteiger partial charge is 0.459 e. The number of epoxide rings is 1. The summed E-state index contributed by atoms with van der Waals surface area (Å²) in [6, 6.07) is 9.57. The molecule has 1 aromatic rings. The number of hydrogen-bond donors (Lipinski definition) is 0. The fraction of sp³-hybridized carbons (Fsp3) is 0.412. The lowest BCUT2D eigenvalue weighted by Gasteiger charge is -2.28. The predicted molar refractivity (Wildman–Crippen MR) is 78.6 cm³/mol. The van der Waals surface area contributed by atoms with Gasteiger partial charge < -0.3 is 14.2 Å². The van der Waals surface area contributed by atoms with E-state index in [0.29, 0.717) is 0 Å². The third-order valence-electron chi connectivity index (χ3n) is 3.79. The zero-order valence-corrected chi connectivity index (χ0v) is 13.0. The second-order valence-electron chi connectivity index (χ2n) is 5.38. The van der Waals surface area contributed by atoms with Crippen LogP contribution in [0.5, 0.6) is 0 Å². The maximum absolute atomic E-state index is 11.4. The number of carbonyl (C=O) groups excluding carboxylic acids is 2. The molecule has 0 bridgehead atoms. The van der Waals surface area contributed by atoms with E-state index in [1.54, 1.807) is 13.8 Å². The number of carbonyl (C=O) groups is 2. The van der Waals surface area contributed by atoms with Crippen LogP contribution in [0.2, 0.25) is 0 Å². The fourth-order valence-corrected chi connectivity index (χ4v) is 2.35. The molecule has 0 aliphatic carbocycles. The van der Waals surface area contributed by atoms with Crippen LogP contribution in [0, 0.1) is 11.8 Å². The van der Waals surface area contributed by atoms with Crippen molar-refractivity contribution in [3.8, 4) is 11.8 Å². The number of benzene rings is 1. The van der Waals surface area contributed by atoms with Crippen molar-refractivity contribution >= 4 is 11.9 Å². The molecule has 1 saturated heterocycles. The second-order valence-corrected chi connectivity index (χ2v) is 5.38. The summed E-state index contributed by atoms with van der Waals surface area (Å²) >= 11 is 0. The molecule has 0 unspecified atom stereocenters. The number of ether oxygens (including phenoxy) is 3. The van der Waals surface area contributed by atoms with Gasteiger partial charge in [-0.15, -0.1) is 0 Å². The van der Waals surface area contributed by atoms with Crippen LogP contribution in [0.4, 0.5) is 0 Å². The Morgan fingerprint density at radius 1 is 1.32 bits per heavy atom. The lowest BCUT2D eigenvalue weighted by atomic mass is 9.85. The van der Waals surface area contributed by atoms with Crippen molar-refractivity contribution in [1.82, 2.24) is 0 Å². The summed E-state index contributed by atoms with van der Waals surface area (Å²) in [6.07, 6.45) is -0.259. The highest BCUT2D eigenvalue weighted by Gasteiger charge is 2.66. The Morgan fingerprint density at radius 3 is 2.50 bits per heavy atom. The summed E-state index contributed by atoms with van der Waals surface area (Å²) in [5.41, 5.74) is -1.13. The SMILES string of the molecule is COC(=O)C#C[C@](C)(OC(C)=O)[C@]1(C)O[C@H]1c1ccccc1. The van der Waals surface area contributed by atoms with E-state index in [-0.39, 0.29) is 6.10 Å². The zero-order valence-electron chi connectivity index (χ0n) is 13.0. The summed E-state index contributed by atoms with van der Waals surface area (Å²) in [6.45, 7) is 4.73. The third-order valence-corrected chi connectivity index (χ3v) is 3.79. The Bertz CT molecular complexity index is 642. The van der Waals surface area contributed by atoms with Crippen LogP contribution >= 0.6 is 0 Å². The molecular weight excluding hydrogens is 284 g/mol. The summed E-state index contributed by atoms with van der Waals surface area (Å²) in [4.78, 5) is 22.7. The standard InChI is InChI=1S/C17H18O5/c1-12(18)21-16(2,11-10-14(19)20-4)17(3)15(22-17)13-8-6-5-7-9-13/h5-9,15H,1-4H3/t15-,16-,17+/m0/s1. The van der Waals surface area contributed by atoms with Crippen molar-refractivity contribution in [3.63, 3.8) is 0 Å². The first kappa shape index (κ1) is 16.1. The van der Waals surface area contributed by atoms with E-state index in [0.717, 1.165) is 5.56 Å². The summed E-state index contributed by atoms with van der Waals surface area (Å²) in [5.74, 6) is 3.83. The minimum absolute atomic E-state index is 0.259. The summed E-state index contributed by atoms with van der Waals surface area (Å²) in [5, 5.41) is 0. The molecule has 5 heteroatoms. The molecule has 22 heavy (non-hydrogen) atoms. The molecule has 0 N–H and O–H groups in total. The van der Waals surface area contributed by atoms with Gasteiger partial charge in [0.1, 0.15) is 11.7 Å². The van der Waals surface area contributed by atoms with Gasteiger partial charge in [0.25, 0.3) is 0 Å². The number of rotatable bonds is 3. The predicted octanol–water partition coefficient (Wildman–Crippen LogP) is 2.01. The van der Waals surface area contributed by atoms with Crippen LogP contribution in [0.3, 0.4) is 0 Å². The molecule has 0 aromatic heterocycles. The highest BCUT2D eigenvalue weighted by atomic mass is 16.7. The van der Waals surface area contributed by atoms with Gasteiger partial charge in [0.2, 0.25) is 5.60 Å². The molecule has 0 spiro atoms. The maximum Gasteiger partial charge on any atom is 0.384 e. The Kier molecular flexibility index (Phi) is 4.25. The average Bonchev–Trinajstić information content (AvgIpc) is 3.19. The van der Waals surface area contributed by atoms with Gasteiger partial charge >= 0.3 is 11.9 Å². The lowest BCUT2D eigenvalue weighted by Crippen LogP contribution is -2.44. The topological polar surface area (TPSA) is 65.1 Å². The van der Waals surface area contributed by atoms with Crippen LogP contribution in [-0.2, 0) is 23.8 Å². The maximum atomic E-state index is 11.4. The Hall–Kier alpha value is -2.32. The van der Waals surface area contributed by atoms with Gasteiger partial charge in [0.05, 0.1) is 7.11 Å². The summed E-state index contributed by atoms with van der Waals surface area (Å²) < 4.78 is 15.7. The number of esters is 2. The highest BCUT2D eigenvalue weighted by molar-refractivity contribution is 5.88. The monoisotopic (exact) mass is 302 g/mol. The van der Waals surface area contributed by atoms with Crippen molar-refractivity contribution in [3.05, 3.63) is 35.9 Å². The van der Waals surface area contributed by atoms with Gasteiger partial charge in [0, 0.05) is 12.8 Å². The lowest BCUT2D eigenvalue weighted by molar-refractivity contribution is -0.155. The van der Waals surface area contributed by atoms with Gasteiger partial charge in [-0.25, -0.2) is 4.79 Å². The first-order valence-corrected chi connectivity index (χ1v) is 6.86. The molecule has 2 rings (SSSR count). The Morgan fingerprint density at radius 2 is 1.95 bits per heavy atom. The third kappa shape index (κ3) is 2.97. The van der Waals surface area contributed by atoms with Gasteiger partial charge in [-0.1, -0.05) is 30.3 Å². The molecule has 3 atom stereocenters. The quantitative estimate of drug-likeness (QED) is 0.370. The minimum atomic E-state index is -1.26. The van der Waals surface area contributed by atoms with Crippen LogP contribution in [0.1, 0.15) is 32.4 Å². The van der Waals surface area contributed by atoms with Crippen LogP contribution in [-0.4, -0.2) is 30.3 Å². The molecule has 1 heterocycles. The van der Waals surface area contributed by atoms with Crippen molar-refractivity contribution in [1.29, 1.82) is 0 Å². The van der Waals surface area contributed by atoms with Gasteiger partial charge in [-0.05, 0) is 25.3 Å². The van der Waals surface area contributed by atoms with E-state index >= 15 is 0 Å². The molecule has 0 saturated carbocycles.